The van der Waals surface area contributed by atoms with Gasteiger partial charge in [0.25, 0.3) is 0 Å². The molecule has 0 atom stereocenters. The Balaban J connectivity index is 1.42. The first kappa shape index (κ1) is 26.5. The van der Waals surface area contributed by atoms with Gasteiger partial charge in [-0.3, -0.25) is 14.7 Å². The van der Waals surface area contributed by atoms with Crippen LogP contribution in [-0.2, 0) is 17.9 Å². The van der Waals surface area contributed by atoms with E-state index in [0.717, 1.165) is 59.9 Å². The van der Waals surface area contributed by atoms with E-state index in [1.54, 1.807) is 12.1 Å². The third-order valence-corrected chi connectivity index (χ3v) is 7.23. The number of aromatic nitrogens is 3. The predicted molar refractivity (Wildman–Crippen MR) is 155 cm³/mol. The first-order valence-corrected chi connectivity index (χ1v) is 13.5. The van der Waals surface area contributed by atoms with Crippen LogP contribution in [0.25, 0.3) is 11.0 Å². The molecular weight excluding hydrogens is 490 g/mol. The van der Waals surface area contributed by atoms with Crippen LogP contribution in [0, 0.1) is 20.8 Å². The summed E-state index contributed by atoms with van der Waals surface area (Å²) in [4.78, 5) is 22.9. The topological polar surface area (TPSA) is 121 Å². The number of nitrogens with one attached hydrogen (secondary N) is 2. The molecule has 9 nitrogen and oxygen atoms in total. The number of aromatic hydroxyl groups is 1. The van der Waals surface area contributed by atoms with Gasteiger partial charge in [-0.25, -0.2) is 4.98 Å². The first-order valence-electron chi connectivity index (χ1n) is 13.5. The maximum absolute atomic E-state index is 11.3. The lowest BCUT2D eigenvalue weighted by Crippen LogP contribution is -2.43. The zero-order valence-electron chi connectivity index (χ0n) is 22.9. The molecule has 1 amide bonds. The Morgan fingerprint density at radius 2 is 1.77 bits per heavy atom. The van der Waals surface area contributed by atoms with Gasteiger partial charge in [0.15, 0.2) is 0 Å². The van der Waals surface area contributed by atoms with Crippen LogP contribution < -0.4 is 16.4 Å². The van der Waals surface area contributed by atoms with Crippen molar-refractivity contribution < 1.29 is 9.90 Å². The van der Waals surface area contributed by atoms with Gasteiger partial charge >= 0.3 is 0 Å². The third-order valence-electron chi connectivity index (χ3n) is 7.23. The molecule has 2 aromatic heterocycles. The number of primary amides is 1. The minimum atomic E-state index is -0.295. The monoisotopic (exact) mass is 527 g/mol. The minimum absolute atomic E-state index is 0.167. The Bertz CT molecular complexity index is 1470. The molecule has 5 N–H and O–H groups in total. The van der Waals surface area contributed by atoms with Crippen LogP contribution >= 0.6 is 0 Å². The number of rotatable bonds is 9. The number of imidazole rings is 1. The Kier molecular flexibility index (Phi) is 7.70. The number of benzene rings is 2. The number of piperidine rings is 1. The molecule has 1 aliphatic rings. The molecule has 0 bridgehead atoms. The number of hydrogen-bond acceptors (Lipinski definition) is 7. The van der Waals surface area contributed by atoms with Crippen molar-refractivity contribution in [2.75, 3.05) is 30.3 Å². The first-order chi connectivity index (χ1) is 18.7. The molecule has 1 aliphatic heterocycles. The molecule has 4 aromatic rings. The summed E-state index contributed by atoms with van der Waals surface area (Å²) >= 11 is 0. The number of hydrogen-bond donors (Lipinski definition) is 4. The molecule has 204 valence electrons. The summed E-state index contributed by atoms with van der Waals surface area (Å²) in [6.45, 7) is 9.10. The van der Waals surface area contributed by atoms with Crippen LogP contribution in [0.1, 0.15) is 40.9 Å². The summed E-state index contributed by atoms with van der Waals surface area (Å²) < 4.78 is 2.10. The van der Waals surface area contributed by atoms with E-state index in [-0.39, 0.29) is 17.7 Å². The van der Waals surface area contributed by atoms with Crippen LogP contribution in [0.15, 0.2) is 48.5 Å². The molecule has 1 saturated heterocycles. The fourth-order valence-corrected chi connectivity index (χ4v) is 5.34. The van der Waals surface area contributed by atoms with E-state index in [1.807, 2.05) is 6.92 Å². The lowest BCUT2D eigenvalue weighted by molar-refractivity contribution is -0.119. The van der Waals surface area contributed by atoms with Crippen molar-refractivity contribution in [3.05, 3.63) is 76.6 Å². The van der Waals surface area contributed by atoms with E-state index in [2.05, 4.69) is 75.3 Å². The number of carbonyl (C=O) groups excluding carboxylic acids is 1. The summed E-state index contributed by atoms with van der Waals surface area (Å²) in [7, 11) is 0. The molecule has 0 unspecified atom stereocenters. The molecule has 0 radical (unpaired) electrons. The summed E-state index contributed by atoms with van der Waals surface area (Å²) in [6.07, 6.45) is 1.77. The highest BCUT2D eigenvalue weighted by Crippen LogP contribution is 2.27. The normalized spacial score (nSPS) is 14.5. The number of nitrogens with zero attached hydrogens (tertiary/aromatic N) is 4. The molecule has 0 saturated carbocycles. The molecule has 3 heterocycles. The van der Waals surface area contributed by atoms with Gasteiger partial charge in [-0.1, -0.05) is 12.1 Å². The largest absolute Gasteiger partial charge is 0.506 e. The number of carbonyl (C=O) groups is 1. The van der Waals surface area contributed by atoms with Gasteiger partial charge in [-0.2, -0.15) is 0 Å². The van der Waals surface area contributed by atoms with Crippen LogP contribution in [0.5, 0.6) is 5.75 Å². The minimum Gasteiger partial charge on any atom is -0.506 e. The highest BCUT2D eigenvalue weighted by atomic mass is 16.3. The Morgan fingerprint density at radius 1 is 1.03 bits per heavy atom. The molecule has 1 fully saturated rings. The van der Waals surface area contributed by atoms with E-state index >= 15 is 0 Å². The van der Waals surface area contributed by atoms with E-state index in [1.165, 1.54) is 11.1 Å². The summed E-state index contributed by atoms with van der Waals surface area (Å²) in [5.74, 6) is 0.623. The van der Waals surface area contributed by atoms with Gasteiger partial charge in [0, 0.05) is 37.1 Å². The number of aryl methyl sites for hydroxylation is 3. The fourth-order valence-electron chi connectivity index (χ4n) is 5.34. The number of fused-ring (bicyclic) bond motifs is 1. The zero-order chi connectivity index (χ0) is 27.5. The average molecular weight is 528 g/mol. The van der Waals surface area contributed by atoms with Crippen molar-refractivity contribution in [3.8, 4) is 5.75 Å². The maximum Gasteiger partial charge on any atom is 0.231 e. The van der Waals surface area contributed by atoms with E-state index in [9.17, 15) is 9.90 Å². The number of nitrogens with two attached hydrogens (primary N) is 1. The smallest absolute Gasteiger partial charge is 0.231 e. The number of anilines is 2. The maximum atomic E-state index is 11.3. The fraction of sp³-hybridized carbons (Fsp3) is 0.367. The van der Waals surface area contributed by atoms with E-state index in [4.69, 9.17) is 10.7 Å². The summed E-state index contributed by atoms with van der Waals surface area (Å²) in [6, 6.07) is 16.5. The van der Waals surface area contributed by atoms with Gasteiger partial charge < -0.3 is 26.0 Å². The molecule has 39 heavy (non-hydrogen) atoms. The van der Waals surface area contributed by atoms with Crippen LogP contribution in [0.3, 0.4) is 0 Å². The standard InChI is InChI=1S/C30H37N7O2/c1-19-12-20(2)14-24(13-19)32-16-22-5-6-25-27(15-22)37(17-26-28(38)7-4-21(3)33-26)30(35-25)34-23-8-10-36(11-9-23)18-29(31)39/h4-7,12-15,23,32,38H,8-11,16-18H2,1-3H3,(H2,31,39)(H,34,35). The van der Waals surface area contributed by atoms with Crippen molar-refractivity contribution in [2.24, 2.45) is 5.73 Å². The van der Waals surface area contributed by atoms with E-state index < -0.39 is 0 Å². The summed E-state index contributed by atoms with van der Waals surface area (Å²) in [5, 5.41) is 17.7. The second kappa shape index (κ2) is 11.3. The summed E-state index contributed by atoms with van der Waals surface area (Å²) in [5.41, 5.74) is 13.4. The van der Waals surface area contributed by atoms with Crippen molar-refractivity contribution in [2.45, 2.75) is 52.7 Å². The molecule has 5 rings (SSSR count). The lowest BCUT2D eigenvalue weighted by Gasteiger charge is -2.31. The molecular formula is C30H37N7O2. The quantitative estimate of drug-likeness (QED) is 0.259. The van der Waals surface area contributed by atoms with E-state index in [0.29, 0.717) is 25.3 Å². The lowest BCUT2D eigenvalue weighted by atomic mass is 10.1. The van der Waals surface area contributed by atoms with Gasteiger partial charge in [0.05, 0.1) is 24.1 Å². The average Bonchev–Trinajstić information content (AvgIpc) is 3.21. The number of pyridine rings is 1. The van der Waals surface area contributed by atoms with Crippen molar-refractivity contribution in [1.82, 2.24) is 19.4 Å². The molecule has 0 spiro atoms. The van der Waals surface area contributed by atoms with Crippen LogP contribution in [0.2, 0.25) is 0 Å². The molecule has 2 aromatic carbocycles. The van der Waals surface area contributed by atoms with Crippen molar-refractivity contribution in [1.29, 1.82) is 0 Å². The highest BCUT2D eigenvalue weighted by molar-refractivity contribution is 5.80. The van der Waals surface area contributed by atoms with Crippen LogP contribution in [0.4, 0.5) is 11.6 Å². The number of likely N-dealkylation sites (tertiary alicyclic amines) is 1. The second-order valence-electron chi connectivity index (χ2n) is 10.7. The van der Waals surface area contributed by atoms with Gasteiger partial charge in [-0.05, 0) is 86.7 Å². The Hall–Kier alpha value is -4.11. The number of amides is 1. The second-order valence-corrected chi connectivity index (χ2v) is 10.7. The van der Waals surface area contributed by atoms with Crippen molar-refractivity contribution >= 4 is 28.6 Å². The zero-order valence-corrected chi connectivity index (χ0v) is 22.9. The highest BCUT2D eigenvalue weighted by Gasteiger charge is 2.23. The van der Waals surface area contributed by atoms with Gasteiger partial charge in [-0.15, -0.1) is 0 Å². The predicted octanol–water partition coefficient (Wildman–Crippen LogP) is 4.08. The molecule has 9 heteroatoms. The van der Waals surface area contributed by atoms with Gasteiger partial charge in [0.1, 0.15) is 11.4 Å². The Morgan fingerprint density at radius 3 is 2.49 bits per heavy atom. The third kappa shape index (κ3) is 6.49. The molecule has 0 aliphatic carbocycles. The SMILES string of the molecule is Cc1cc(C)cc(NCc2ccc3nc(NC4CCN(CC(N)=O)CC4)n(Cc4nc(C)ccc4O)c3c2)c1. The van der Waals surface area contributed by atoms with Gasteiger partial charge in [0.2, 0.25) is 11.9 Å². The Labute approximate surface area is 229 Å². The van der Waals surface area contributed by atoms with Crippen LogP contribution in [-0.4, -0.2) is 56.1 Å². The van der Waals surface area contributed by atoms with Crippen molar-refractivity contribution in [3.63, 3.8) is 0 Å².